The van der Waals surface area contributed by atoms with Crippen molar-refractivity contribution in [2.45, 2.75) is 26.4 Å². The molecule has 1 heterocycles. The Morgan fingerprint density at radius 2 is 1.89 bits per heavy atom. The highest BCUT2D eigenvalue weighted by molar-refractivity contribution is 5.33. The molecule has 2 N–H and O–H groups in total. The van der Waals surface area contributed by atoms with Crippen LogP contribution in [-0.4, -0.2) is 28.5 Å². The molecular formula is C11H16F3N3O. The second-order valence-corrected chi connectivity index (χ2v) is 4.79. The summed E-state index contributed by atoms with van der Waals surface area (Å²) in [5.74, 6) is 0.286. The Kier molecular flexibility index (Phi) is 4.50. The molecule has 0 amide bonds. The van der Waals surface area contributed by atoms with Gasteiger partial charge in [-0.2, -0.15) is 13.2 Å². The lowest BCUT2D eigenvalue weighted by atomic mass is 9.90. The highest BCUT2D eigenvalue weighted by atomic mass is 19.4. The van der Waals surface area contributed by atoms with Gasteiger partial charge in [0.05, 0.1) is 0 Å². The van der Waals surface area contributed by atoms with Gasteiger partial charge in [0.1, 0.15) is 5.82 Å². The topological polar surface area (TPSA) is 58.0 Å². The molecule has 0 radical (unpaired) electrons. The molecular weight excluding hydrogens is 247 g/mol. The van der Waals surface area contributed by atoms with Gasteiger partial charge in [0.2, 0.25) is 0 Å². The van der Waals surface area contributed by atoms with Crippen LogP contribution in [0, 0.1) is 5.41 Å². The summed E-state index contributed by atoms with van der Waals surface area (Å²) in [6, 6.07) is 2.12. The average Bonchev–Trinajstić information content (AvgIpc) is 2.26. The minimum atomic E-state index is -4.47. The number of alkyl halides is 3. The van der Waals surface area contributed by atoms with E-state index in [1.165, 1.54) is 6.07 Å². The molecule has 7 heteroatoms. The largest absolute Gasteiger partial charge is 0.435 e. The van der Waals surface area contributed by atoms with Crippen LogP contribution < -0.4 is 5.32 Å². The SMILES string of the molecule is CC(C)(CCO)CNc1ccc(C(F)(F)F)nn1. The molecule has 1 aromatic heterocycles. The fourth-order valence-corrected chi connectivity index (χ4v) is 1.30. The van der Waals surface area contributed by atoms with Crippen molar-refractivity contribution >= 4 is 5.82 Å². The van der Waals surface area contributed by atoms with Crippen molar-refractivity contribution in [2.75, 3.05) is 18.5 Å². The van der Waals surface area contributed by atoms with Gasteiger partial charge in [-0.15, -0.1) is 10.2 Å². The normalized spacial score (nSPS) is 12.6. The smallest absolute Gasteiger partial charge is 0.396 e. The zero-order chi connectivity index (χ0) is 13.8. The van der Waals surface area contributed by atoms with Gasteiger partial charge in [-0.1, -0.05) is 13.8 Å². The summed E-state index contributed by atoms with van der Waals surface area (Å²) < 4.78 is 36.7. The fourth-order valence-electron chi connectivity index (χ4n) is 1.30. The number of anilines is 1. The summed E-state index contributed by atoms with van der Waals surface area (Å²) in [6.07, 6.45) is -3.88. The van der Waals surface area contributed by atoms with Crippen LogP contribution in [0.3, 0.4) is 0 Å². The van der Waals surface area contributed by atoms with Crippen LogP contribution in [0.2, 0.25) is 0 Å². The summed E-state index contributed by atoms with van der Waals surface area (Å²) in [5, 5.41) is 18.3. The summed E-state index contributed by atoms with van der Waals surface area (Å²) in [6.45, 7) is 4.43. The molecule has 0 unspecified atom stereocenters. The molecule has 0 aliphatic carbocycles. The van der Waals surface area contributed by atoms with Gasteiger partial charge in [0.15, 0.2) is 5.69 Å². The van der Waals surface area contributed by atoms with Gasteiger partial charge in [-0.05, 0) is 24.0 Å². The number of hydrogen-bond acceptors (Lipinski definition) is 4. The summed E-state index contributed by atoms with van der Waals surface area (Å²) in [5.41, 5.74) is -1.18. The van der Waals surface area contributed by atoms with Crippen LogP contribution in [0.5, 0.6) is 0 Å². The highest BCUT2D eigenvalue weighted by Crippen LogP contribution is 2.27. The Bertz CT molecular complexity index is 376. The molecule has 0 saturated carbocycles. The number of aliphatic hydroxyl groups excluding tert-OH is 1. The Hall–Kier alpha value is -1.37. The van der Waals surface area contributed by atoms with Gasteiger partial charge in [0.25, 0.3) is 0 Å². The third-order valence-corrected chi connectivity index (χ3v) is 2.49. The number of nitrogens with zero attached hydrogens (tertiary/aromatic N) is 2. The average molecular weight is 263 g/mol. The lowest BCUT2D eigenvalue weighted by molar-refractivity contribution is -0.141. The summed E-state index contributed by atoms with van der Waals surface area (Å²) >= 11 is 0. The standard InChI is InChI=1S/C11H16F3N3O/c1-10(2,5-6-18)7-15-9-4-3-8(16-17-9)11(12,13)14/h3-4,18H,5-7H2,1-2H3,(H,15,17). The number of aromatic nitrogens is 2. The van der Waals surface area contributed by atoms with E-state index in [1.807, 2.05) is 13.8 Å². The molecule has 0 aromatic carbocycles. The van der Waals surface area contributed by atoms with E-state index in [1.54, 1.807) is 0 Å². The van der Waals surface area contributed by atoms with Crippen LogP contribution in [0.1, 0.15) is 26.0 Å². The first-order chi connectivity index (χ1) is 8.24. The molecule has 1 aromatic rings. The van der Waals surface area contributed by atoms with Crippen LogP contribution in [-0.2, 0) is 6.18 Å². The molecule has 0 aliphatic rings. The molecule has 102 valence electrons. The molecule has 4 nitrogen and oxygen atoms in total. The maximum Gasteiger partial charge on any atom is 0.435 e. The predicted octanol–water partition coefficient (Wildman–Crippen LogP) is 2.32. The van der Waals surface area contributed by atoms with Crippen molar-refractivity contribution in [3.63, 3.8) is 0 Å². The van der Waals surface area contributed by atoms with E-state index < -0.39 is 11.9 Å². The van der Waals surface area contributed by atoms with E-state index in [4.69, 9.17) is 5.11 Å². The molecule has 0 fully saturated rings. The van der Waals surface area contributed by atoms with E-state index in [0.29, 0.717) is 13.0 Å². The third kappa shape index (κ3) is 4.48. The summed E-state index contributed by atoms with van der Waals surface area (Å²) in [4.78, 5) is 0. The molecule has 0 spiro atoms. The minimum Gasteiger partial charge on any atom is -0.396 e. The zero-order valence-corrected chi connectivity index (χ0v) is 10.3. The van der Waals surface area contributed by atoms with Crippen molar-refractivity contribution in [1.82, 2.24) is 10.2 Å². The van der Waals surface area contributed by atoms with Crippen molar-refractivity contribution < 1.29 is 18.3 Å². The van der Waals surface area contributed by atoms with Crippen molar-refractivity contribution in [2.24, 2.45) is 5.41 Å². The van der Waals surface area contributed by atoms with Gasteiger partial charge < -0.3 is 10.4 Å². The number of rotatable bonds is 5. The van der Waals surface area contributed by atoms with Gasteiger partial charge in [-0.25, -0.2) is 0 Å². The van der Waals surface area contributed by atoms with Gasteiger partial charge in [0, 0.05) is 13.2 Å². The molecule has 0 saturated heterocycles. The lowest BCUT2D eigenvalue weighted by Gasteiger charge is -2.23. The number of nitrogens with one attached hydrogen (secondary N) is 1. The Labute approximate surface area is 103 Å². The molecule has 0 aliphatic heterocycles. The summed E-state index contributed by atoms with van der Waals surface area (Å²) in [7, 11) is 0. The van der Waals surface area contributed by atoms with Crippen molar-refractivity contribution in [3.05, 3.63) is 17.8 Å². The Morgan fingerprint density at radius 3 is 2.33 bits per heavy atom. The third-order valence-electron chi connectivity index (χ3n) is 2.49. The first-order valence-corrected chi connectivity index (χ1v) is 5.50. The van der Waals surface area contributed by atoms with Crippen molar-refractivity contribution in [3.8, 4) is 0 Å². The first kappa shape index (κ1) is 14.7. The Balaban J connectivity index is 2.60. The molecule has 0 bridgehead atoms. The maximum atomic E-state index is 12.2. The molecule has 0 atom stereocenters. The fraction of sp³-hybridized carbons (Fsp3) is 0.636. The predicted molar refractivity (Wildman–Crippen MR) is 61.0 cm³/mol. The van der Waals surface area contributed by atoms with E-state index in [9.17, 15) is 13.2 Å². The minimum absolute atomic E-state index is 0.0629. The lowest BCUT2D eigenvalue weighted by Crippen LogP contribution is -2.24. The van der Waals surface area contributed by atoms with E-state index >= 15 is 0 Å². The van der Waals surface area contributed by atoms with E-state index in [-0.39, 0.29) is 17.8 Å². The van der Waals surface area contributed by atoms with Gasteiger partial charge in [-0.3, -0.25) is 0 Å². The monoisotopic (exact) mass is 263 g/mol. The zero-order valence-electron chi connectivity index (χ0n) is 10.3. The van der Waals surface area contributed by atoms with E-state index in [0.717, 1.165) is 6.07 Å². The highest BCUT2D eigenvalue weighted by Gasteiger charge is 2.32. The number of aliphatic hydroxyl groups is 1. The van der Waals surface area contributed by atoms with Crippen LogP contribution >= 0.6 is 0 Å². The first-order valence-electron chi connectivity index (χ1n) is 5.50. The molecule has 18 heavy (non-hydrogen) atoms. The van der Waals surface area contributed by atoms with Crippen LogP contribution in [0.25, 0.3) is 0 Å². The number of halogens is 3. The second kappa shape index (κ2) is 5.51. The van der Waals surface area contributed by atoms with Crippen LogP contribution in [0.4, 0.5) is 19.0 Å². The second-order valence-electron chi connectivity index (χ2n) is 4.79. The van der Waals surface area contributed by atoms with Gasteiger partial charge >= 0.3 is 6.18 Å². The number of hydrogen-bond donors (Lipinski definition) is 2. The molecule has 1 rings (SSSR count). The van der Waals surface area contributed by atoms with Crippen LogP contribution in [0.15, 0.2) is 12.1 Å². The maximum absolute atomic E-state index is 12.2. The quantitative estimate of drug-likeness (QED) is 0.856. The Morgan fingerprint density at radius 1 is 1.22 bits per heavy atom. The van der Waals surface area contributed by atoms with Crippen molar-refractivity contribution in [1.29, 1.82) is 0 Å². The van der Waals surface area contributed by atoms with E-state index in [2.05, 4.69) is 15.5 Å².